The van der Waals surface area contributed by atoms with Crippen molar-refractivity contribution in [2.75, 3.05) is 18.0 Å². The number of ether oxygens (including phenoxy) is 1. The van der Waals surface area contributed by atoms with E-state index >= 15 is 0 Å². The molecule has 1 amide bonds. The molecule has 2 aromatic rings. The average Bonchev–Trinajstić information content (AvgIpc) is 2.74. The SMILES string of the molecule is Cc1cccc2c1N(C1CCN(S(=O)(=O)c3ccccc3[N+](=O)[O-])CC1)C(=O)OC2. The molecule has 2 aliphatic heterocycles. The predicted octanol–water partition coefficient (Wildman–Crippen LogP) is 3.21. The van der Waals surface area contributed by atoms with Crippen molar-refractivity contribution in [3.05, 3.63) is 63.7 Å². The van der Waals surface area contributed by atoms with Crippen LogP contribution in [0.2, 0.25) is 0 Å². The zero-order chi connectivity index (χ0) is 21.5. The van der Waals surface area contributed by atoms with Gasteiger partial charge in [0.2, 0.25) is 10.0 Å². The summed E-state index contributed by atoms with van der Waals surface area (Å²) in [5.41, 5.74) is 2.27. The van der Waals surface area contributed by atoms with E-state index in [-0.39, 0.29) is 30.6 Å². The molecule has 0 atom stereocenters. The van der Waals surface area contributed by atoms with E-state index in [1.54, 1.807) is 4.90 Å². The Labute approximate surface area is 174 Å². The van der Waals surface area contributed by atoms with Gasteiger partial charge in [-0.1, -0.05) is 30.3 Å². The second kappa shape index (κ2) is 7.69. The van der Waals surface area contributed by atoms with E-state index in [1.807, 2.05) is 25.1 Å². The Morgan fingerprint density at radius 1 is 1.10 bits per heavy atom. The van der Waals surface area contributed by atoms with Crippen molar-refractivity contribution in [2.24, 2.45) is 0 Å². The van der Waals surface area contributed by atoms with Gasteiger partial charge in [0, 0.05) is 30.8 Å². The van der Waals surface area contributed by atoms with Crippen molar-refractivity contribution in [3.8, 4) is 0 Å². The first-order valence-corrected chi connectivity index (χ1v) is 11.0. The molecular formula is C20H21N3O6S. The van der Waals surface area contributed by atoms with Crippen LogP contribution in [0, 0.1) is 17.0 Å². The third kappa shape index (κ3) is 3.41. The Kier molecular flexibility index (Phi) is 5.20. The second-order valence-corrected chi connectivity index (χ2v) is 9.27. The summed E-state index contributed by atoms with van der Waals surface area (Å²) in [7, 11) is -4.02. The predicted molar refractivity (Wildman–Crippen MR) is 109 cm³/mol. The zero-order valence-corrected chi connectivity index (χ0v) is 17.2. The molecule has 2 heterocycles. The fraction of sp³-hybridized carbons (Fsp3) is 0.350. The Morgan fingerprint density at radius 2 is 1.80 bits per heavy atom. The van der Waals surface area contributed by atoms with Gasteiger partial charge >= 0.3 is 6.09 Å². The van der Waals surface area contributed by atoms with Crippen LogP contribution in [0.25, 0.3) is 0 Å². The van der Waals surface area contributed by atoms with Gasteiger partial charge in [-0.15, -0.1) is 0 Å². The number of fused-ring (bicyclic) bond motifs is 1. The van der Waals surface area contributed by atoms with Crippen molar-refractivity contribution in [1.29, 1.82) is 0 Å². The van der Waals surface area contributed by atoms with Crippen LogP contribution in [0.3, 0.4) is 0 Å². The molecular weight excluding hydrogens is 410 g/mol. The molecule has 0 bridgehead atoms. The monoisotopic (exact) mass is 431 g/mol. The van der Waals surface area contributed by atoms with E-state index in [0.717, 1.165) is 16.8 Å². The van der Waals surface area contributed by atoms with Gasteiger partial charge in [-0.2, -0.15) is 4.31 Å². The molecule has 0 saturated carbocycles. The maximum Gasteiger partial charge on any atom is 0.414 e. The topological polar surface area (TPSA) is 110 Å². The lowest BCUT2D eigenvalue weighted by atomic mass is 10.00. The summed E-state index contributed by atoms with van der Waals surface area (Å²) in [6, 6.07) is 10.9. The summed E-state index contributed by atoms with van der Waals surface area (Å²) >= 11 is 0. The quantitative estimate of drug-likeness (QED) is 0.543. The van der Waals surface area contributed by atoms with Crippen LogP contribution in [0.4, 0.5) is 16.2 Å². The van der Waals surface area contributed by atoms with Crippen molar-refractivity contribution < 1.29 is 22.9 Å². The van der Waals surface area contributed by atoms with Gasteiger partial charge in [0.1, 0.15) is 6.61 Å². The fourth-order valence-corrected chi connectivity index (χ4v) is 5.75. The molecule has 1 saturated heterocycles. The first kappa shape index (κ1) is 20.3. The number of hydrogen-bond acceptors (Lipinski definition) is 6. The number of amides is 1. The highest BCUT2D eigenvalue weighted by Gasteiger charge is 2.39. The third-order valence-corrected chi connectivity index (χ3v) is 7.52. The number of hydrogen-bond donors (Lipinski definition) is 0. The number of benzene rings is 2. The minimum atomic E-state index is -4.02. The molecule has 0 N–H and O–H groups in total. The number of rotatable bonds is 4. The molecule has 30 heavy (non-hydrogen) atoms. The van der Waals surface area contributed by atoms with E-state index in [1.165, 1.54) is 28.6 Å². The van der Waals surface area contributed by atoms with Crippen molar-refractivity contribution in [3.63, 3.8) is 0 Å². The van der Waals surface area contributed by atoms with Crippen molar-refractivity contribution in [1.82, 2.24) is 4.31 Å². The molecule has 0 unspecified atom stereocenters. The van der Waals surface area contributed by atoms with Gasteiger partial charge in [-0.3, -0.25) is 15.0 Å². The lowest BCUT2D eigenvalue weighted by Gasteiger charge is -2.40. The molecule has 158 valence electrons. The lowest BCUT2D eigenvalue weighted by molar-refractivity contribution is -0.387. The van der Waals surface area contributed by atoms with Gasteiger partial charge in [-0.05, 0) is 31.4 Å². The largest absolute Gasteiger partial charge is 0.444 e. The van der Waals surface area contributed by atoms with Gasteiger partial charge < -0.3 is 4.74 Å². The number of nitro groups is 1. The number of aryl methyl sites for hydroxylation is 1. The number of cyclic esters (lactones) is 1. The Hall–Kier alpha value is -2.98. The van der Waals surface area contributed by atoms with Crippen LogP contribution in [0.5, 0.6) is 0 Å². The number of carbonyl (C=O) groups excluding carboxylic acids is 1. The summed E-state index contributed by atoms with van der Waals surface area (Å²) in [5.74, 6) is 0. The third-order valence-electron chi connectivity index (χ3n) is 5.58. The summed E-state index contributed by atoms with van der Waals surface area (Å²) in [4.78, 5) is 24.4. The molecule has 10 heteroatoms. The Bertz CT molecular complexity index is 1110. The van der Waals surface area contributed by atoms with Crippen LogP contribution < -0.4 is 4.90 Å². The number of piperidine rings is 1. The minimum Gasteiger partial charge on any atom is -0.444 e. The number of nitrogens with zero attached hydrogens (tertiary/aromatic N) is 3. The maximum absolute atomic E-state index is 13.0. The molecule has 0 spiro atoms. The number of anilines is 1. The summed E-state index contributed by atoms with van der Waals surface area (Å²) in [6.45, 7) is 2.46. The highest BCUT2D eigenvalue weighted by Crippen LogP contribution is 2.36. The van der Waals surface area contributed by atoms with Crippen LogP contribution in [0.15, 0.2) is 47.4 Å². The van der Waals surface area contributed by atoms with Gasteiger partial charge in [0.15, 0.2) is 4.90 Å². The normalized spacial score (nSPS) is 18.0. The van der Waals surface area contributed by atoms with Gasteiger partial charge in [0.25, 0.3) is 5.69 Å². The molecule has 2 aromatic carbocycles. The number of nitro benzene ring substituents is 1. The van der Waals surface area contributed by atoms with Crippen molar-refractivity contribution in [2.45, 2.75) is 37.3 Å². The highest BCUT2D eigenvalue weighted by atomic mass is 32.2. The van der Waals surface area contributed by atoms with Gasteiger partial charge in [-0.25, -0.2) is 13.2 Å². The van der Waals surface area contributed by atoms with Gasteiger partial charge in [0.05, 0.1) is 10.6 Å². The summed E-state index contributed by atoms with van der Waals surface area (Å²) in [6.07, 6.45) is 0.377. The number of para-hydroxylation sites is 2. The standard InChI is InChI=1S/C20H21N3O6S/c1-14-5-4-6-15-13-29-20(24)22(19(14)15)16-9-11-21(12-10-16)30(27,28)18-8-3-2-7-17(18)23(25)26/h2-8,16H,9-13H2,1H3. The van der Waals surface area contributed by atoms with Crippen LogP contribution in [-0.4, -0.2) is 42.9 Å². The minimum absolute atomic E-state index is 0.157. The smallest absolute Gasteiger partial charge is 0.414 e. The van der Waals surface area contributed by atoms with Crippen LogP contribution >= 0.6 is 0 Å². The molecule has 0 radical (unpaired) electrons. The molecule has 4 rings (SSSR count). The van der Waals surface area contributed by atoms with E-state index in [9.17, 15) is 23.3 Å². The Morgan fingerprint density at radius 3 is 2.50 bits per heavy atom. The lowest BCUT2D eigenvalue weighted by Crippen LogP contribution is -2.50. The fourth-order valence-electron chi connectivity index (χ4n) is 4.12. The molecule has 0 aliphatic carbocycles. The molecule has 2 aliphatic rings. The van der Waals surface area contributed by atoms with Crippen LogP contribution in [0.1, 0.15) is 24.0 Å². The van der Waals surface area contributed by atoms with E-state index < -0.39 is 26.7 Å². The van der Waals surface area contributed by atoms with Crippen molar-refractivity contribution >= 4 is 27.5 Å². The Balaban J connectivity index is 1.57. The highest BCUT2D eigenvalue weighted by molar-refractivity contribution is 7.89. The van der Waals surface area contributed by atoms with E-state index in [4.69, 9.17) is 4.74 Å². The molecule has 9 nitrogen and oxygen atoms in total. The average molecular weight is 431 g/mol. The number of carbonyl (C=O) groups is 1. The zero-order valence-electron chi connectivity index (χ0n) is 16.4. The molecule has 1 fully saturated rings. The first-order chi connectivity index (χ1) is 14.3. The first-order valence-electron chi connectivity index (χ1n) is 9.58. The summed E-state index contributed by atoms with van der Waals surface area (Å²) in [5, 5.41) is 11.3. The van der Waals surface area contributed by atoms with E-state index in [0.29, 0.717) is 12.8 Å². The van der Waals surface area contributed by atoms with E-state index in [2.05, 4.69) is 0 Å². The maximum atomic E-state index is 13.0. The van der Waals surface area contributed by atoms with Crippen LogP contribution in [-0.2, 0) is 21.4 Å². The molecule has 0 aromatic heterocycles. The summed E-state index contributed by atoms with van der Waals surface area (Å²) < 4.78 is 32.6. The number of sulfonamides is 1. The second-order valence-electron chi connectivity index (χ2n) is 7.37.